The lowest BCUT2D eigenvalue weighted by molar-refractivity contribution is -0.132. The normalized spacial score (nSPS) is 14.1. The Balaban J connectivity index is 1.19. The van der Waals surface area contributed by atoms with E-state index in [0.29, 0.717) is 47.6 Å². The number of nitrogens with zero attached hydrogens (tertiary/aromatic N) is 2. The van der Waals surface area contributed by atoms with Crippen LogP contribution in [0.25, 0.3) is 11.1 Å². The number of likely N-dealkylation sites (tertiary alicyclic amines) is 1. The van der Waals surface area contributed by atoms with E-state index in [0.717, 1.165) is 17.8 Å². The predicted octanol–water partition coefficient (Wildman–Crippen LogP) is 8.04. The number of carbonyl (C=O) groups excluding carboxylic acids is 2. The molecule has 2 amide bonds. The Hall–Kier alpha value is -3.98. The van der Waals surface area contributed by atoms with Crippen LogP contribution in [0.1, 0.15) is 65.1 Å². The van der Waals surface area contributed by atoms with E-state index in [4.69, 9.17) is 0 Å². The summed E-state index contributed by atoms with van der Waals surface area (Å²) in [4.78, 5) is 32.3. The molecule has 1 N–H and O–H groups in total. The molecule has 9 heteroatoms. The number of halogens is 3. The molecule has 1 fully saturated rings. The molecule has 1 aromatic heterocycles. The number of rotatable bonds is 9. The average Bonchev–Trinajstić information content (AvgIpc) is 3.52. The maximum absolute atomic E-state index is 14.3. The summed E-state index contributed by atoms with van der Waals surface area (Å²) in [6, 6.07) is 19.8. The minimum absolute atomic E-state index is 0.0125. The number of benzene rings is 3. The van der Waals surface area contributed by atoms with Crippen molar-refractivity contribution in [3.8, 4) is 11.1 Å². The molecule has 0 unspecified atom stereocenters. The van der Waals surface area contributed by atoms with Gasteiger partial charge >= 0.3 is 0 Å². The first-order valence-electron chi connectivity index (χ1n) is 14.1. The number of para-hydroxylation sites is 1. The van der Waals surface area contributed by atoms with Gasteiger partial charge in [-0.15, -0.1) is 11.3 Å². The van der Waals surface area contributed by atoms with E-state index in [1.165, 1.54) is 36.5 Å². The lowest BCUT2D eigenvalue weighted by Gasteiger charge is -2.31. The fourth-order valence-corrected chi connectivity index (χ4v) is 6.18. The van der Waals surface area contributed by atoms with Crippen LogP contribution in [0.4, 0.5) is 18.9 Å². The summed E-state index contributed by atoms with van der Waals surface area (Å²) in [5.74, 6) is -3.44. The number of nitrogens with one attached hydrogen (secondary N) is 1. The van der Waals surface area contributed by atoms with Gasteiger partial charge in [0.1, 0.15) is 11.5 Å². The van der Waals surface area contributed by atoms with Crippen molar-refractivity contribution in [3.63, 3.8) is 0 Å². The van der Waals surface area contributed by atoms with Gasteiger partial charge in [0, 0.05) is 54.0 Å². The van der Waals surface area contributed by atoms with Crippen LogP contribution in [0, 0.1) is 5.82 Å². The average molecular weight is 592 g/mol. The summed E-state index contributed by atoms with van der Waals surface area (Å²) in [6.07, 6.45) is 1.81. The highest BCUT2D eigenvalue weighted by Gasteiger charge is 2.29. The van der Waals surface area contributed by atoms with Crippen molar-refractivity contribution < 1.29 is 22.8 Å². The first-order chi connectivity index (χ1) is 20.2. The minimum Gasteiger partial charge on any atom is -0.343 e. The number of anilines is 1. The summed E-state index contributed by atoms with van der Waals surface area (Å²) >= 11 is 1.42. The summed E-state index contributed by atoms with van der Waals surface area (Å²) < 4.78 is 42.5. The zero-order chi connectivity index (χ0) is 29.7. The number of carbonyl (C=O) groups is 2. The number of piperidine rings is 1. The topological polar surface area (TPSA) is 62.3 Å². The third kappa shape index (κ3) is 6.73. The molecule has 0 bridgehead atoms. The Labute approximate surface area is 247 Å². The number of alkyl halides is 2. The number of amides is 2. The molecule has 3 aromatic carbocycles. The first kappa shape index (κ1) is 29.5. The molecule has 1 aliphatic heterocycles. The summed E-state index contributed by atoms with van der Waals surface area (Å²) in [5, 5.41) is 5.48. The lowest BCUT2D eigenvalue weighted by Crippen LogP contribution is -2.38. The fraction of sp³-hybridized carbons (Fsp3) is 0.303. The highest BCUT2D eigenvalue weighted by Crippen LogP contribution is 2.36. The molecule has 0 atom stereocenters. The lowest BCUT2D eigenvalue weighted by atomic mass is 9.97. The van der Waals surface area contributed by atoms with Crippen LogP contribution in [-0.4, -0.2) is 34.8 Å². The van der Waals surface area contributed by atoms with Gasteiger partial charge in [0.25, 0.3) is 11.8 Å². The monoisotopic (exact) mass is 591 g/mol. The van der Waals surface area contributed by atoms with Crippen molar-refractivity contribution in [2.45, 2.75) is 50.9 Å². The Morgan fingerprint density at radius 3 is 2.52 bits per heavy atom. The van der Waals surface area contributed by atoms with E-state index >= 15 is 0 Å². The second-order valence-corrected chi connectivity index (χ2v) is 11.3. The number of hydrogen-bond donors (Lipinski definition) is 1. The number of aryl methyl sites for hydroxylation is 1. The fourth-order valence-electron chi connectivity index (χ4n) is 5.20. The molecule has 5 nitrogen and oxygen atoms in total. The highest BCUT2D eigenvalue weighted by atomic mass is 32.1. The zero-order valence-corrected chi connectivity index (χ0v) is 24.1. The third-order valence-electron chi connectivity index (χ3n) is 7.73. The first-order valence-corrected chi connectivity index (χ1v) is 15.0. The van der Waals surface area contributed by atoms with Crippen molar-refractivity contribution in [2.24, 2.45) is 0 Å². The van der Waals surface area contributed by atoms with E-state index < -0.39 is 5.92 Å². The van der Waals surface area contributed by atoms with Crippen LogP contribution < -0.4 is 5.32 Å². The molecule has 0 radical (unpaired) electrons. The van der Waals surface area contributed by atoms with Crippen LogP contribution in [0.5, 0.6) is 0 Å². The van der Waals surface area contributed by atoms with Gasteiger partial charge in [-0.1, -0.05) is 61.5 Å². The van der Waals surface area contributed by atoms with Crippen molar-refractivity contribution in [2.75, 3.05) is 18.4 Å². The van der Waals surface area contributed by atoms with Crippen molar-refractivity contribution in [3.05, 3.63) is 106 Å². The number of hydrogen-bond acceptors (Lipinski definition) is 4. The second-order valence-electron chi connectivity index (χ2n) is 10.5. The van der Waals surface area contributed by atoms with E-state index in [1.54, 1.807) is 60.0 Å². The Morgan fingerprint density at radius 2 is 1.76 bits per heavy atom. The van der Waals surface area contributed by atoms with Gasteiger partial charge in [-0.3, -0.25) is 9.59 Å². The smallest absolute Gasteiger partial charge is 0.275 e. The molecule has 1 saturated heterocycles. The second kappa shape index (κ2) is 12.9. The molecule has 0 aliphatic carbocycles. The molecule has 4 aromatic rings. The summed E-state index contributed by atoms with van der Waals surface area (Å²) in [6.45, 7) is 2.62. The Bertz CT molecular complexity index is 1560. The van der Waals surface area contributed by atoms with E-state index in [1.807, 2.05) is 4.90 Å². The Morgan fingerprint density at radius 1 is 1.02 bits per heavy atom. The van der Waals surface area contributed by atoms with Gasteiger partial charge in [-0.25, -0.2) is 18.2 Å². The van der Waals surface area contributed by atoms with Gasteiger partial charge in [-0.05, 0) is 48.6 Å². The van der Waals surface area contributed by atoms with E-state index in [-0.39, 0.29) is 42.0 Å². The standard InChI is InChI=1S/C33H32F3N3O2S/c1-2-33(35,36)25-10-7-9-24(20-25)26-11-4-6-13-28(26)37-31(41)29-21-42-32(38-29)23-16-18-39(19-17-23)30(40)15-14-22-8-3-5-12-27(22)34/h3-13,20-21,23H,2,14-19H2,1H3,(H,37,41). The van der Waals surface area contributed by atoms with Gasteiger partial charge in [0.05, 0.1) is 5.01 Å². The quantitative estimate of drug-likeness (QED) is 0.214. The molecule has 5 rings (SSSR count). The van der Waals surface area contributed by atoms with Gasteiger partial charge in [0.15, 0.2) is 0 Å². The van der Waals surface area contributed by atoms with Crippen LogP contribution in [-0.2, 0) is 17.1 Å². The zero-order valence-electron chi connectivity index (χ0n) is 23.3. The van der Waals surface area contributed by atoms with E-state index in [9.17, 15) is 22.8 Å². The van der Waals surface area contributed by atoms with Crippen LogP contribution in [0.2, 0.25) is 0 Å². The predicted molar refractivity (Wildman–Crippen MR) is 159 cm³/mol. The molecular weight excluding hydrogens is 559 g/mol. The SMILES string of the molecule is CCC(F)(F)c1cccc(-c2ccccc2NC(=O)c2csc(C3CCN(C(=O)CCc4ccccc4F)CC3)n2)c1. The molecule has 218 valence electrons. The van der Waals surface area contributed by atoms with Crippen molar-refractivity contribution in [1.82, 2.24) is 9.88 Å². The molecule has 2 heterocycles. The largest absolute Gasteiger partial charge is 0.343 e. The molecule has 42 heavy (non-hydrogen) atoms. The van der Waals surface area contributed by atoms with E-state index in [2.05, 4.69) is 10.3 Å². The maximum Gasteiger partial charge on any atom is 0.275 e. The van der Waals surface area contributed by atoms with Gasteiger partial charge in [-0.2, -0.15) is 0 Å². The summed E-state index contributed by atoms with van der Waals surface area (Å²) in [5.41, 5.74) is 2.51. The van der Waals surface area contributed by atoms with Crippen LogP contribution >= 0.6 is 11.3 Å². The number of thiazole rings is 1. The van der Waals surface area contributed by atoms with Crippen molar-refractivity contribution >= 4 is 28.8 Å². The Kier molecular flexibility index (Phi) is 9.06. The maximum atomic E-state index is 14.3. The van der Waals surface area contributed by atoms with Gasteiger partial charge in [0.2, 0.25) is 5.91 Å². The molecule has 1 aliphatic rings. The molecular formula is C33H32F3N3O2S. The molecule has 0 spiro atoms. The summed E-state index contributed by atoms with van der Waals surface area (Å²) in [7, 11) is 0. The van der Waals surface area contributed by atoms with Crippen molar-refractivity contribution in [1.29, 1.82) is 0 Å². The third-order valence-corrected chi connectivity index (χ3v) is 8.74. The van der Waals surface area contributed by atoms with Gasteiger partial charge < -0.3 is 10.2 Å². The van der Waals surface area contributed by atoms with Crippen LogP contribution in [0.15, 0.2) is 78.2 Å². The minimum atomic E-state index is -2.93. The number of aromatic nitrogens is 1. The highest BCUT2D eigenvalue weighted by molar-refractivity contribution is 7.10. The van der Waals surface area contributed by atoms with Crippen LogP contribution in [0.3, 0.4) is 0 Å². The molecule has 0 saturated carbocycles.